The summed E-state index contributed by atoms with van der Waals surface area (Å²) >= 11 is 0. The molecule has 164 valence electrons. The lowest BCUT2D eigenvalue weighted by atomic mass is 10.1. The van der Waals surface area contributed by atoms with Crippen molar-refractivity contribution in [1.29, 1.82) is 0 Å². The van der Waals surface area contributed by atoms with Crippen molar-refractivity contribution in [2.24, 2.45) is 0 Å². The maximum absolute atomic E-state index is 14.4. The van der Waals surface area contributed by atoms with Crippen LogP contribution >= 0.6 is 7.75 Å². The Kier molecular flexibility index (Phi) is 7.07. The SMILES string of the molecule is COC(=O)[C@H](C)NP(=O)(Oc1cccc2ccccc12)O[C@H]1O[C@H](CO)[C@@H](O)[C@@H]1F. The van der Waals surface area contributed by atoms with Crippen molar-refractivity contribution in [3.63, 3.8) is 0 Å². The van der Waals surface area contributed by atoms with E-state index in [1.807, 2.05) is 18.2 Å². The van der Waals surface area contributed by atoms with E-state index in [0.29, 0.717) is 5.39 Å². The molecule has 1 heterocycles. The molecule has 11 heteroatoms. The number of alkyl halides is 1. The maximum Gasteiger partial charge on any atom is 0.461 e. The second-order valence-electron chi connectivity index (χ2n) is 6.71. The standard InChI is InChI=1S/C19H23FNO8P/c1-11(18(24)26-2)21-30(25,29-19-16(20)17(23)15(10-22)27-19)28-14-9-5-7-12-6-3-4-8-13(12)14/h3-9,11,15-17,19,22-23H,10H2,1-2H3,(H,21,25)/t11-,15+,16-,17+,19+,30?/m0/s1. The third-order valence-corrected chi connectivity index (χ3v) is 6.20. The summed E-state index contributed by atoms with van der Waals surface area (Å²) in [5, 5.41) is 22.8. The zero-order valence-electron chi connectivity index (χ0n) is 16.3. The molecule has 1 fully saturated rings. The average molecular weight is 443 g/mol. The Morgan fingerprint density at radius 3 is 2.67 bits per heavy atom. The molecule has 1 aliphatic heterocycles. The number of ether oxygens (including phenoxy) is 2. The van der Waals surface area contributed by atoms with E-state index in [0.717, 1.165) is 12.5 Å². The van der Waals surface area contributed by atoms with E-state index in [2.05, 4.69) is 9.82 Å². The highest BCUT2D eigenvalue weighted by Gasteiger charge is 2.49. The number of rotatable bonds is 8. The highest BCUT2D eigenvalue weighted by Crippen LogP contribution is 2.49. The molecule has 0 aliphatic carbocycles. The van der Waals surface area contributed by atoms with Crippen LogP contribution in [0.1, 0.15) is 6.92 Å². The Hall–Kier alpha value is -2.07. The minimum absolute atomic E-state index is 0.161. The normalized spacial score (nSPS) is 26.8. The van der Waals surface area contributed by atoms with Crippen molar-refractivity contribution in [1.82, 2.24) is 5.09 Å². The van der Waals surface area contributed by atoms with Gasteiger partial charge >= 0.3 is 13.7 Å². The molecular formula is C19H23FNO8P. The zero-order valence-corrected chi connectivity index (χ0v) is 17.2. The topological polar surface area (TPSA) is 124 Å². The van der Waals surface area contributed by atoms with E-state index in [1.165, 1.54) is 13.0 Å². The summed E-state index contributed by atoms with van der Waals surface area (Å²) in [6.45, 7) is 0.698. The van der Waals surface area contributed by atoms with Gasteiger partial charge in [0.25, 0.3) is 0 Å². The summed E-state index contributed by atoms with van der Waals surface area (Å²) in [5.74, 6) is -0.591. The Bertz CT molecular complexity index is 938. The number of hydrogen-bond acceptors (Lipinski definition) is 8. The van der Waals surface area contributed by atoms with E-state index in [-0.39, 0.29) is 5.75 Å². The van der Waals surface area contributed by atoms with Gasteiger partial charge in [-0.2, -0.15) is 5.09 Å². The summed E-state index contributed by atoms with van der Waals surface area (Å²) in [7, 11) is -3.28. The Labute approximate surface area is 172 Å². The molecule has 3 rings (SSSR count). The smallest absolute Gasteiger partial charge is 0.461 e. The number of fused-ring (bicyclic) bond motifs is 1. The molecule has 30 heavy (non-hydrogen) atoms. The summed E-state index contributed by atoms with van der Waals surface area (Å²) in [6.07, 6.45) is -6.82. The first-order valence-electron chi connectivity index (χ1n) is 9.18. The molecule has 0 radical (unpaired) electrons. The minimum atomic E-state index is -4.43. The van der Waals surface area contributed by atoms with E-state index in [4.69, 9.17) is 13.8 Å². The largest absolute Gasteiger partial charge is 0.468 e. The van der Waals surface area contributed by atoms with Crippen LogP contribution in [0, 0.1) is 0 Å². The Balaban J connectivity index is 1.91. The van der Waals surface area contributed by atoms with Gasteiger partial charge in [-0.05, 0) is 18.4 Å². The van der Waals surface area contributed by atoms with Crippen molar-refractivity contribution < 1.29 is 42.5 Å². The number of benzene rings is 2. The molecule has 6 atom stereocenters. The van der Waals surface area contributed by atoms with Gasteiger partial charge in [-0.3, -0.25) is 9.32 Å². The predicted octanol–water partition coefficient (Wildman–Crippen LogP) is 1.91. The van der Waals surface area contributed by atoms with Crippen LogP contribution in [0.4, 0.5) is 4.39 Å². The van der Waals surface area contributed by atoms with Crippen molar-refractivity contribution in [3.05, 3.63) is 42.5 Å². The summed E-state index contributed by atoms with van der Waals surface area (Å²) in [4.78, 5) is 11.8. The molecule has 3 N–H and O–H groups in total. The van der Waals surface area contributed by atoms with Gasteiger partial charge in [-0.1, -0.05) is 36.4 Å². The molecule has 1 aliphatic rings. The van der Waals surface area contributed by atoms with Crippen LogP contribution in [-0.2, 0) is 23.4 Å². The Morgan fingerprint density at radius 2 is 2.00 bits per heavy atom. The molecule has 0 aromatic heterocycles. The number of carbonyl (C=O) groups excluding carboxylic acids is 1. The Morgan fingerprint density at radius 1 is 1.30 bits per heavy atom. The van der Waals surface area contributed by atoms with Gasteiger partial charge in [0, 0.05) is 5.39 Å². The lowest BCUT2D eigenvalue weighted by molar-refractivity contribution is -0.142. The van der Waals surface area contributed by atoms with Gasteiger partial charge in [0.2, 0.25) is 6.29 Å². The fourth-order valence-corrected chi connectivity index (χ4v) is 4.61. The van der Waals surface area contributed by atoms with Crippen LogP contribution in [0.3, 0.4) is 0 Å². The van der Waals surface area contributed by atoms with Crippen LogP contribution < -0.4 is 9.61 Å². The highest BCUT2D eigenvalue weighted by atomic mass is 31.2. The van der Waals surface area contributed by atoms with Crippen LogP contribution in [0.25, 0.3) is 10.8 Å². The molecule has 2 aromatic carbocycles. The number of methoxy groups -OCH3 is 1. The van der Waals surface area contributed by atoms with Gasteiger partial charge < -0.3 is 24.2 Å². The molecule has 9 nitrogen and oxygen atoms in total. The number of nitrogens with one attached hydrogen (secondary N) is 1. The van der Waals surface area contributed by atoms with Crippen molar-refractivity contribution >= 4 is 24.5 Å². The first-order chi connectivity index (χ1) is 14.3. The van der Waals surface area contributed by atoms with Crippen molar-refractivity contribution in [2.45, 2.75) is 37.6 Å². The second kappa shape index (κ2) is 9.38. The molecule has 0 amide bonds. The number of hydrogen-bond donors (Lipinski definition) is 3. The monoisotopic (exact) mass is 443 g/mol. The number of halogens is 1. The molecule has 0 spiro atoms. The number of aliphatic hydroxyl groups is 2. The first-order valence-corrected chi connectivity index (χ1v) is 10.7. The van der Waals surface area contributed by atoms with E-state index >= 15 is 0 Å². The molecule has 1 saturated heterocycles. The predicted molar refractivity (Wildman–Crippen MR) is 105 cm³/mol. The number of aliphatic hydroxyl groups excluding tert-OH is 2. The first kappa shape index (κ1) is 22.6. The van der Waals surface area contributed by atoms with Crippen LogP contribution in [-0.4, -0.2) is 60.6 Å². The highest BCUT2D eigenvalue weighted by molar-refractivity contribution is 7.52. The quantitative estimate of drug-likeness (QED) is 0.415. The van der Waals surface area contributed by atoms with Gasteiger partial charge in [0.15, 0.2) is 6.17 Å². The van der Waals surface area contributed by atoms with Crippen LogP contribution in [0.5, 0.6) is 5.75 Å². The number of esters is 1. The molecule has 0 bridgehead atoms. The summed E-state index contributed by atoms with van der Waals surface area (Å²) < 4.78 is 48.5. The fourth-order valence-electron chi connectivity index (χ4n) is 3.01. The van der Waals surface area contributed by atoms with Crippen molar-refractivity contribution in [2.75, 3.05) is 13.7 Å². The molecule has 2 aromatic rings. The third kappa shape index (κ3) is 4.80. The van der Waals surface area contributed by atoms with Gasteiger partial charge in [-0.25, -0.2) is 8.96 Å². The van der Waals surface area contributed by atoms with Gasteiger partial charge in [0.1, 0.15) is 24.0 Å². The minimum Gasteiger partial charge on any atom is -0.468 e. The lowest BCUT2D eigenvalue weighted by Crippen LogP contribution is -2.37. The van der Waals surface area contributed by atoms with Crippen LogP contribution in [0.2, 0.25) is 0 Å². The van der Waals surface area contributed by atoms with E-state index in [1.54, 1.807) is 18.2 Å². The van der Waals surface area contributed by atoms with E-state index in [9.17, 15) is 24.0 Å². The summed E-state index contributed by atoms with van der Waals surface area (Å²) in [6, 6.07) is 11.0. The van der Waals surface area contributed by atoms with Gasteiger partial charge in [0.05, 0.1) is 13.7 Å². The van der Waals surface area contributed by atoms with Crippen LogP contribution in [0.15, 0.2) is 42.5 Å². The second-order valence-corrected chi connectivity index (χ2v) is 8.35. The zero-order chi connectivity index (χ0) is 21.9. The molecule has 1 unspecified atom stereocenters. The van der Waals surface area contributed by atoms with E-state index < -0.39 is 51.0 Å². The lowest BCUT2D eigenvalue weighted by Gasteiger charge is -2.26. The molecular weight excluding hydrogens is 420 g/mol. The average Bonchev–Trinajstić information content (AvgIpc) is 3.00. The third-order valence-electron chi connectivity index (χ3n) is 4.57. The van der Waals surface area contributed by atoms with Crippen molar-refractivity contribution in [3.8, 4) is 5.75 Å². The fraction of sp³-hybridized carbons (Fsp3) is 0.421. The summed E-state index contributed by atoms with van der Waals surface area (Å²) in [5.41, 5.74) is 0. The maximum atomic E-state index is 14.4. The number of carbonyl (C=O) groups is 1. The van der Waals surface area contributed by atoms with Gasteiger partial charge in [-0.15, -0.1) is 0 Å². The molecule has 0 saturated carbocycles.